The second kappa shape index (κ2) is 5.04. The Morgan fingerprint density at radius 1 is 1.12 bits per heavy atom. The topological polar surface area (TPSA) is 56.0 Å². The number of phenolic OH excluding ortho intramolecular Hbond substituents is 1. The maximum atomic E-state index is 9.33. The fourth-order valence-electron chi connectivity index (χ4n) is 1.60. The molecular formula is C14H12N2O. The van der Waals surface area contributed by atoms with E-state index in [0.29, 0.717) is 12.1 Å². The minimum absolute atomic E-state index is 0.248. The summed E-state index contributed by atoms with van der Waals surface area (Å²) in [5.74, 6) is 0.248. The molecule has 0 saturated carbocycles. The monoisotopic (exact) mass is 224 g/mol. The third-order valence-corrected chi connectivity index (χ3v) is 2.44. The second-order valence-electron chi connectivity index (χ2n) is 3.68. The summed E-state index contributed by atoms with van der Waals surface area (Å²) in [6.45, 7) is 0.576. The number of hydrogen-bond acceptors (Lipinski definition) is 3. The van der Waals surface area contributed by atoms with Crippen molar-refractivity contribution in [3.8, 4) is 11.8 Å². The van der Waals surface area contributed by atoms with Crippen LogP contribution >= 0.6 is 0 Å². The summed E-state index contributed by atoms with van der Waals surface area (Å²) in [5.41, 5.74) is 2.39. The van der Waals surface area contributed by atoms with E-state index in [9.17, 15) is 5.11 Å². The molecule has 3 nitrogen and oxygen atoms in total. The third-order valence-electron chi connectivity index (χ3n) is 2.44. The van der Waals surface area contributed by atoms with Crippen LogP contribution in [0.1, 0.15) is 11.1 Å². The van der Waals surface area contributed by atoms with Crippen LogP contribution < -0.4 is 5.32 Å². The van der Waals surface area contributed by atoms with Crippen molar-refractivity contribution in [2.24, 2.45) is 0 Å². The molecule has 0 atom stereocenters. The van der Waals surface area contributed by atoms with E-state index < -0.39 is 0 Å². The molecule has 2 N–H and O–H groups in total. The van der Waals surface area contributed by atoms with E-state index in [0.717, 1.165) is 11.3 Å². The van der Waals surface area contributed by atoms with Gasteiger partial charge in [-0.25, -0.2) is 0 Å². The van der Waals surface area contributed by atoms with Gasteiger partial charge < -0.3 is 10.4 Å². The number of anilines is 1. The van der Waals surface area contributed by atoms with Gasteiger partial charge >= 0.3 is 0 Å². The lowest BCUT2D eigenvalue weighted by Gasteiger charge is -2.08. The predicted octanol–water partition coefficient (Wildman–Crippen LogP) is 2.88. The number of nitrogens with zero attached hydrogens (tertiary/aromatic N) is 1. The predicted molar refractivity (Wildman–Crippen MR) is 66.6 cm³/mol. The fraction of sp³-hybridized carbons (Fsp3) is 0.0714. The van der Waals surface area contributed by atoms with Crippen molar-refractivity contribution in [2.45, 2.75) is 6.54 Å². The van der Waals surface area contributed by atoms with Gasteiger partial charge in [0.2, 0.25) is 0 Å². The third kappa shape index (κ3) is 2.76. The van der Waals surface area contributed by atoms with Crippen molar-refractivity contribution in [1.29, 1.82) is 5.26 Å². The van der Waals surface area contributed by atoms with Gasteiger partial charge in [0.25, 0.3) is 0 Å². The Balaban J connectivity index is 2.10. The highest BCUT2D eigenvalue weighted by molar-refractivity contribution is 5.57. The summed E-state index contributed by atoms with van der Waals surface area (Å²) in [5, 5.41) is 21.4. The van der Waals surface area contributed by atoms with Gasteiger partial charge in [-0.3, -0.25) is 0 Å². The molecule has 3 heteroatoms. The lowest BCUT2D eigenvalue weighted by molar-refractivity contribution is 0.474. The molecule has 17 heavy (non-hydrogen) atoms. The van der Waals surface area contributed by atoms with Crippen molar-refractivity contribution < 1.29 is 5.11 Å². The molecule has 0 aromatic heterocycles. The van der Waals surface area contributed by atoms with Gasteiger partial charge in [-0.2, -0.15) is 5.26 Å². The Kier molecular flexibility index (Phi) is 3.27. The van der Waals surface area contributed by atoms with Crippen LogP contribution in [0.15, 0.2) is 48.5 Å². The molecule has 0 aliphatic carbocycles. The van der Waals surface area contributed by atoms with Gasteiger partial charge in [0.15, 0.2) is 0 Å². The van der Waals surface area contributed by atoms with E-state index in [-0.39, 0.29) is 5.75 Å². The summed E-state index contributed by atoms with van der Waals surface area (Å²) in [7, 11) is 0. The molecule has 84 valence electrons. The number of aromatic hydroxyl groups is 1. The zero-order chi connectivity index (χ0) is 12.1. The van der Waals surface area contributed by atoms with Crippen molar-refractivity contribution in [3.63, 3.8) is 0 Å². The number of benzene rings is 2. The van der Waals surface area contributed by atoms with Crippen LogP contribution in [0.5, 0.6) is 5.75 Å². The Hall–Kier alpha value is -2.47. The summed E-state index contributed by atoms with van der Waals surface area (Å²) in [6, 6.07) is 16.5. The van der Waals surface area contributed by atoms with Crippen LogP contribution in [0.4, 0.5) is 5.69 Å². The Morgan fingerprint density at radius 3 is 2.71 bits per heavy atom. The molecule has 0 amide bonds. The summed E-state index contributed by atoms with van der Waals surface area (Å²) in [6.07, 6.45) is 0. The minimum atomic E-state index is 0.248. The maximum Gasteiger partial charge on any atom is 0.115 e. The van der Waals surface area contributed by atoms with Crippen molar-refractivity contribution in [3.05, 3.63) is 59.7 Å². The van der Waals surface area contributed by atoms with Crippen molar-refractivity contribution in [2.75, 3.05) is 5.32 Å². The first-order chi connectivity index (χ1) is 8.29. The highest BCUT2D eigenvalue weighted by Gasteiger charge is 2.00. The fourth-order valence-corrected chi connectivity index (χ4v) is 1.60. The van der Waals surface area contributed by atoms with Gasteiger partial charge in [-0.15, -0.1) is 0 Å². The van der Waals surface area contributed by atoms with Crippen molar-refractivity contribution in [1.82, 2.24) is 0 Å². The van der Waals surface area contributed by atoms with Gasteiger partial charge in [0, 0.05) is 6.54 Å². The standard InChI is InChI=1S/C14H12N2O/c15-9-12-5-1-2-7-14(12)16-10-11-4-3-6-13(17)8-11/h1-8,16-17H,10H2. The average molecular weight is 224 g/mol. The number of nitrogens with one attached hydrogen (secondary N) is 1. The molecule has 0 bridgehead atoms. The zero-order valence-electron chi connectivity index (χ0n) is 9.22. The normalized spacial score (nSPS) is 9.59. The van der Waals surface area contributed by atoms with Gasteiger partial charge in [-0.05, 0) is 29.8 Å². The first-order valence-electron chi connectivity index (χ1n) is 5.30. The van der Waals surface area contributed by atoms with Crippen LogP contribution in [0.2, 0.25) is 0 Å². The van der Waals surface area contributed by atoms with E-state index in [1.807, 2.05) is 24.3 Å². The van der Waals surface area contributed by atoms with Gasteiger partial charge in [-0.1, -0.05) is 24.3 Å². The Bertz CT molecular complexity index is 558. The smallest absolute Gasteiger partial charge is 0.115 e. The zero-order valence-corrected chi connectivity index (χ0v) is 9.22. The molecule has 0 spiro atoms. The molecule has 0 radical (unpaired) electrons. The number of nitriles is 1. The molecule has 0 unspecified atom stereocenters. The molecule has 2 rings (SSSR count). The summed E-state index contributed by atoms with van der Waals surface area (Å²) < 4.78 is 0. The van der Waals surface area contributed by atoms with Crippen molar-refractivity contribution >= 4 is 5.69 Å². The van der Waals surface area contributed by atoms with E-state index in [4.69, 9.17) is 5.26 Å². The molecule has 0 saturated heterocycles. The van der Waals surface area contributed by atoms with E-state index in [1.54, 1.807) is 24.3 Å². The number of phenols is 1. The maximum absolute atomic E-state index is 9.33. The largest absolute Gasteiger partial charge is 0.508 e. The average Bonchev–Trinajstić information content (AvgIpc) is 2.37. The Labute approximate surface area is 100.0 Å². The minimum Gasteiger partial charge on any atom is -0.508 e. The SMILES string of the molecule is N#Cc1ccccc1NCc1cccc(O)c1. The molecule has 2 aromatic carbocycles. The Morgan fingerprint density at radius 2 is 1.94 bits per heavy atom. The second-order valence-corrected chi connectivity index (χ2v) is 3.68. The van der Waals surface area contributed by atoms with E-state index in [1.165, 1.54) is 0 Å². The number of para-hydroxylation sites is 1. The quantitative estimate of drug-likeness (QED) is 0.842. The lowest BCUT2D eigenvalue weighted by Crippen LogP contribution is -2.00. The molecule has 0 heterocycles. The summed E-state index contributed by atoms with van der Waals surface area (Å²) in [4.78, 5) is 0. The van der Waals surface area contributed by atoms with E-state index in [2.05, 4.69) is 11.4 Å². The highest BCUT2D eigenvalue weighted by atomic mass is 16.3. The van der Waals surface area contributed by atoms with Crippen LogP contribution in [-0.2, 0) is 6.54 Å². The van der Waals surface area contributed by atoms with Crippen LogP contribution in [0.3, 0.4) is 0 Å². The molecule has 0 aliphatic heterocycles. The van der Waals surface area contributed by atoms with E-state index >= 15 is 0 Å². The molecule has 0 aliphatic rings. The molecule has 2 aromatic rings. The van der Waals surface area contributed by atoms with Gasteiger partial charge in [0.1, 0.15) is 11.8 Å². The van der Waals surface area contributed by atoms with Crippen LogP contribution in [-0.4, -0.2) is 5.11 Å². The summed E-state index contributed by atoms with van der Waals surface area (Å²) >= 11 is 0. The first-order valence-corrected chi connectivity index (χ1v) is 5.30. The highest BCUT2D eigenvalue weighted by Crippen LogP contribution is 2.16. The van der Waals surface area contributed by atoms with Crippen LogP contribution in [0.25, 0.3) is 0 Å². The van der Waals surface area contributed by atoms with Crippen LogP contribution in [0, 0.1) is 11.3 Å². The molecular weight excluding hydrogens is 212 g/mol. The number of hydrogen-bond donors (Lipinski definition) is 2. The molecule has 0 fully saturated rings. The first kappa shape index (κ1) is 11.0. The van der Waals surface area contributed by atoms with Gasteiger partial charge in [0.05, 0.1) is 11.3 Å². The number of rotatable bonds is 3. The lowest BCUT2D eigenvalue weighted by atomic mass is 10.1.